The largest absolute Gasteiger partial charge is 0.460 e. The zero-order valence-electron chi connectivity index (χ0n) is 16.9. The zero-order valence-corrected chi connectivity index (χ0v) is 18.7. The Balaban J connectivity index is 2.09. The Labute approximate surface area is 166 Å². The summed E-state index contributed by atoms with van der Waals surface area (Å²) in [6.07, 6.45) is 2.28. The van der Waals surface area contributed by atoms with Gasteiger partial charge in [0.25, 0.3) is 0 Å². The van der Waals surface area contributed by atoms with Crippen molar-refractivity contribution in [2.45, 2.75) is 62.5 Å². The van der Waals surface area contributed by atoms with Gasteiger partial charge in [-0.05, 0) is 24.6 Å². The Morgan fingerprint density at radius 3 is 2.56 bits per heavy atom. The molecule has 0 spiro atoms. The van der Waals surface area contributed by atoms with Crippen LogP contribution in [-0.2, 0) is 23.5 Å². The first-order valence-corrected chi connectivity index (χ1v) is 13.3. The van der Waals surface area contributed by atoms with Crippen LogP contribution < -0.4 is 5.32 Å². The Hall–Kier alpha value is -1.12. The maximum Gasteiger partial charge on any atom is 0.332 e. The van der Waals surface area contributed by atoms with Gasteiger partial charge >= 0.3 is 5.97 Å². The van der Waals surface area contributed by atoms with Crippen LogP contribution in [0.1, 0.15) is 33.6 Å². The second-order valence-corrected chi connectivity index (χ2v) is 14.8. The average Bonchev–Trinajstić information content (AvgIpc) is 2.95. The van der Waals surface area contributed by atoms with Crippen LogP contribution in [0.3, 0.4) is 0 Å². The highest BCUT2D eigenvalue weighted by atomic mass is 32.2. The van der Waals surface area contributed by atoms with Crippen LogP contribution in [0.2, 0.25) is 18.1 Å². The Morgan fingerprint density at radius 2 is 2.07 bits per heavy atom. The number of esters is 1. The second-order valence-electron chi connectivity index (χ2n) is 8.63. The van der Waals surface area contributed by atoms with E-state index in [9.17, 15) is 14.4 Å². The minimum absolute atomic E-state index is 0.0498. The van der Waals surface area contributed by atoms with E-state index in [0.29, 0.717) is 25.2 Å². The molecule has 0 aromatic carbocycles. The summed E-state index contributed by atoms with van der Waals surface area (Å²) < 4.78 is 10.1. The first-order chi connectivity index (χ1) is 12.5. The van der Waals surface area contributed by atoms with Gasteiger partial charge in [0.15, 0.2) is 18.8 Å². The number of carbonyl (C=O) groups excluding carboxylic acids is 3. The van der Waals surface area contributed by atoms with Crippen molar-refractivity contribution in [3.8, 4) is 0 Å². The monoisotopic (exact) mass is 413 g/mol. The molecular weight excluding hydrogens is 382 g/mol. The van der Waals surface area contributed by atoms with E-state index in [1.54, 1.807) is 0 Å². The molecule has 3 atom stereocenters. The lowest BCUT2D eigenvalue weighted by atomic mass is 9.76. The Morgan fingerprint density at radius 1 is 1.41 bits per heavy atom. The molecular formula is C19H31NO5SSi. The summed E-state index contributed by atoms with van der Waals surface area (Å²) in [6.45, 7) is 14.8. The lowest BCUT2D eigenvalue weighted by Crippen LogP contribution is -2.71. The van der Waals surface area contributed by atoms with Crippen LogP contribution in [-0.4, -0.2) is 55.7 Å². The van der Waals surface area contributed by atoms with E-state index in [-0.39, 0.29) is 23.3 Å². The lowest BCUT2D eigenvalue weighted by Gasteiger charge is -2.45. The summed E-state index contributed by atoms with van der Waals surface area (Å²) in [5.41, 5.74) is 0. The van der Waals surface area contributed by atoms with Crippen molar-refractivity contribution in [2.24, 2.45) is 5.92 Å². The minimum Gasteiger partial charge on any atom is -0.460 e. The number of carbonyl (C=O) groups is 3. The molecule has 2 fully saturated rings. The fourth-order valence-electron chi connectivity index (χ4n) is 3.13. The number of hydrogen-bond donors (Lipinski definition) is 1. The fourth-order valence-corrected chi connectivity index (χ4v) is 5.65. The molecule has 6 nitrogen and oxygen atoms in total. The number of ether oxygens (including phenoxy) is 1. The summed E-state index contributed by atoms with van der Waals surface area (Å²) in [5.74, 6) is -0.727. The SMILES string of the molecule is C=CCOC(=O)C1([C@H]2NC(=O)[C@H]2CCO[Si](C)(C)C(C)(C)C)SCCC1=O. The van der Waals surface area contributed by atoms with Gasteiger partial charge in [0.05, 0.1) is 12.0 Å². The first kappa shape index (κ1) is 22.2. The third kappa shape index (κ3) is 4.17. The highest BCUT2D eigenvalue weighted by Gasteiger charge is 2.63. The van der Waals surface area contributed by atoms with Gasteiger partial charge in [-0.1, -0.05) is 33.4 Å². The standard InChI is InChI=1S/C19H31NO5SSi/c1-7-10-24-17(23)19(14(21)9-12-26-19)15-13(16(22)20-15)8-11-25-27(5,6)18(2,3)4/h7,13,15H,1,8-12H2,2-6H3,(H,20,22)/t13-,15-,19?/m0/s1. The smallest absolute Gasteiger partial charge is 0.332 e. The molecule has 0 saturated carbocycles. The summed E-state index contributed by atoms with van der Waals surface area (Å²) in [4.78, 5) is 37.5. The molecule has 2 saturated heterocycles. The van der Waals surface area contributed by atoms with E-state index in [4.69, 9.17) is 9.16 Å². The number of β-lactam (4-membered cyclic amide) rings is 1. The van der Waals surface area contributed by atoms with Gasteiger partial charge in [0, 0.05) is 18.8 Å². The molecule has 0 aromatic rings. The van der Waals surface area contributed by atoms with E-state index in [0.717, 1.165) is 0 Å². The molecule has 2 aliphatic heterocycles. The quantitative estimate of drug-likeness (QED) is 0.217. The van der Waals surface area contributed by atoms with Crippen LogP contribution in [0.5, 0.6) is 0 Å². The topological polar surface area (TPSA) is 81.7 Å². The van der Waals surface area contributed by atoms with Gasteiger partial charge in [-0.25, -0.2) is 4.79 Å². The van der Waals surface area contributed by atoms with E-state index >= 15 is 0 Å². The maximum absolute atomic E-state index is 12.7. The number of hydrogen-bond acceptors (Lipinski definition) is 6. The van der Waals surface area contributed by atoms with Crippen molar-refractivity contribution < 1.29 is 23.5 Å². The minimum atomic E-state index is -1.91. The molecule has 0 aliphatic carbocycles. The highest BCUT2D eigenvalue weighted by Crippen LogP contribution is 2.45. The van der Waals surface area contributed by atoms with Crippen LogP contribution in [0.15, 0.2) is 12.7 Å². The van der Waals surface area contributed by atoms with Gasteiger partial charge in [-0.15, -0.1) is 11.8 Å². The van der Waals surface area contributed by atoms with E-state index in [1.165, 1.54) is 17.8 Å². The van der Waals surface area contributed by atoms with E-state index < -0.39 is 31.0 Å². The van der Waals surface area contributed by atoms with Crippen molar-refractivity contribution in [3.63, 3.8) is 0 Å². The molecule has 27 heavy (non-hydrogen) atoms. The van der Waals surface area contributed by atoms with Crippen LogP contribution in [0, 0.1) is 5.92 Å². The van der Waals surface area contributed by atoms with Crippen LogP contribution in [0.25, 0.3) is 0 Å². The molecule has 152 valence electrons. The molecule has 1 N–H and O–H groups in total. The molecule has 0 radical (unpaired) electrons. The number of amides is 1. The summed E-state index contributed by atoms with van der Waals surface area (Å²) in [7, 11) is -1.91. The molecule has 8 heteroatoms. The van der Waals surface area contributed by atoms with Gasteiger partial charge < -0.3 is 14.5 Å². The van der Waals surface area contributed by atoms with Gasteiger partial charge in [-0.2, -0.15) is 0 Å². The molecule has 2 heterocycles. The number of rotatable bonds is 8. The summed E-state index contributed by atoms with van der Waals surface area (Å²) >= 11 is 1.28. The molecule has 2 aliphatic rings. The summed E-state index contributed by atoms with van der Waals surface area (Å²) in [5, 5.41) is 2.87. The van der Waals surface area contributed by atoms with E-state index in [2.05, 4.69) is 45.8 Å². The summed E-state index contributed by atoms with van der Waals surface area (Å²) in [6, 6.07) is -0.537. The predicted octanol–water partition coefficient (Wildman–Crippen LogP) is 2.69. The van der Waals surface area contributed by atoms with Crippen molar-refractivity contribution in [1.29, 1.82) is 0 Å². The van der Waals surface area contributed by atoms with Crippen molar-refractivity contribution in [1.82, 2.24) is 5.32 Å². The van der Waals surface area contributed by atoms with Gasteiger partial charge in [0.2, 0.25) is 5.91 Å². The average molecular weight is 414 g/mol. The third-order valence-corrected chi connectivity index (χ3v) is 11.9. The molecule has 0 aromatic heterocycles. The molecule has 1 unspecified atom stereocenters. The zero-order chi connectivity index (χ0) is 20.5. The number of thioether (sulfide) groups is 1. The molecule has 1 amide bonds. The van der Waals surface area contributed by atoms with E-state index in [1.807, 2.05) is 0 Å². The number of nitrogens with one attached hydrogen (secondary N) is 1. The van der Waals surface area contributed by atoms with Crippen LogP contribution >= 0.6 is 11.8 Å². The normalized spacial score (nSPS) is 28.5. The fraction of sp³-hybridized carbons (Fsp3) is 0.737. The predicted molar refractivity (Wildman–Crippen MR) is 109 cm³/mol. The van der Waals surface area contributed by atoms with Crippen molar-refractivity contribution in [2.75, 3.05) is 19.0 Å². The van der Waals surface area contributed by atoms with Gasteiger partial charge in [0.1, 0.15) is 6.61 Å². The number of ketones is 1. The van der Waals surface area contributed by atoms with Crippen molar-refractivity contribution >= 4 is 37.7 Å². The number of Topliss-reactive ketones (excluding diaryl/α,β-unsaturated/α-hetero) is 1. The Bertz CT molecular complexity index is 630. The van der Waals surface area contributed by atoms with Gasteiger partial charge in [-0.3, -0.25) is 9.59 Å². The van der Waals surface area contributed by atoms with Crippen LogP contribution in [0.4, 0.5) is 0 Å². The lowest BCUT2D eigenvalue weighted by molar-refractivity contribution is -0.153. The first-order valence-electron chi connectivity index (χ1n) is 9.37. The third-order valence-electron chi connectivity index (χ3n) is 5.88. The Kier molecular flexibility index (Phi) is 6.64. The highest BCUT2D eigenvalue weighted by molar-refractivity contribution is 8.02. The maximum atomic E-state index is 12.7. The molecule has 0 bridgehead atoms. The molecule has 2 rings (SSSR count). The second kappa shape index (κ2) is 8.09. The van der Waals surface area contributed by atoms with Crippen molar-refractivity contribution in [3.05, 3.63) is 12.7 Å².